The molecule has 1 aliphatic carbocycles. The van der Waals surface area contributed by atoms with E-state index in [0.717, 1.165) is 22.0 Å². The summed E-state index contributed by atoms with van der Waals surface area (Å²) < 4.78 is 7.82. The van der Waals surface area contributed by atoms with Crippen molar-refractivity contribution >= 4 is 28.4 Å². The van der Waals surface area contributed by atoms with Gasteiger partial charge < -0.3 is 24.6 Å². The monoisotopic (exact) mass is 499 g/mol. The molecule has 186 valence electrons. The van der Waals surface area contributed by atoms with Crippen molar-refractivity contribution in [3.63, 3.8) is 0 Å². The fourth-order valence-corrected chi connectivity index (χ4v) is 5.13. The average molecular weight is 500 g/mol. The zero-order valence-electron chi connectivity index (χ0n) is 19.4. The summed E-state index contributed by atoms with van der Waals surface area (Å²) in [4.78, 5) is 11.2. The first kappa shape index (κ1) is 24.2. The predicted molar refractivity (Wildman–Crippen MR) is 132 cm³/mol. The summed E-state index contributed by atoms with van der Waals surface area (Å²) in [6, 6.07) is 14.2. The van der Waals surface area contributed by atoms with Crippen LogP contribution in [0.4, 0.5) is 0 Å². The van der Waals surface area contributed by atoms with Crippen molar-refractivity contribution in [2.24, 2.45) is 0 Å². The maximum atomic E-state index is 11.2. The van der Waals surface area contributed by atoms with Crippen LogP contribution in [0.3, 0.4) is 0 Å². The lowest BCUT2D eigenvalue weighted by molar-refractivity contribution is -0.242. The minimum atomic E-state index is -1.44. The third-order valence-electron chi connectivity index (χ3n) is 6.84. The molecule has 1 amide bonds. The molecule has 5 unspecified atom stereocenters. The Hall–Kier alpha value is -2.46. The smallest absolute Gasteiger partial charge is 0.230 e. The number of fused-ring (bicyclic) bond motifs is 1. The number of aliphatic hydroxyl groups excluding tert-OH is 3. The first-order valence-electron chi connectivity index (χ1n) is 11.9. The predicted octanol–water partition coefficient (Wildman–Crippen LogP) is 2.38. The van der Waals surface area contributed by atoms with Crippen molar-refractivity contribution in [2.75, 3.05) is 6.54 Å². The number of carbonyl (C=O) groups excluding carboxylic acids is 1. The van der Waals surface area contributed by atoms with E-state index >= 15 is 0 Å². The van der Waals surface area contributed by atoms with Crippen molar-refractivity contribution in [3.8, 4) is 0 Å². The quantitative estimate of drug-likeness (QED) is 0.319. The maximum Gasteiger partial charge on any atom is 0.230 e. The van der Waals surface area contributed by atoms with Gasteiger partial charge in [-0.1, -0.05) is 41.9 Å². The number of hydrazine groups is 1. The van der Waals surface area contributed by atoms with Gasteiger partial charge in [0.05, 0.1) is 10.5 Å². The summed E-state index contributed by atoms with van der Waals surface area (Å²) in [5.74, 6) is 0.397. The van der Waals surface area contributed by atoms with Gasteiger partial charge in [0.1, 0.15) is 24.4 Å². The molecule has 5 atom stereocenters. The van der Waals surface area contributed by atoms with Crippen LogP contribution in [-0.4, -0.2) is 56.8 Å². The van der Waals surface area contributed by atoms with Crippen LogP contribution in [0.1, 0.15) is 48.6 Å². The Labute approximate surface area is 208 Å². The van der Waals surface area contributed by atoms with Gasteiger partial charge in [-0.25, -0.2) is 5.43 Å². The summed E-state index contributed by atoms with van der Waals surface area (Å²) in [6.07, 6.45) is -0.943. The largest absolute Gasteiger partial charge is 0.388 e. The number of halogens is 1. The number of aromatic nitrogens is 1. The summed E-state index contributed by atoms with van der Waals surface area (Å²) >= 11 is 6.61. The molecule has 3 aromatic rings. The molecule has 1 aliphatic heterocycles. The van der Waals surface area contributed by atoms with Crippen LogP contribution < -0.4 is 10.9 Å². The van der Waals surface area contributed by atoms with Gasteiger partial charge >= 0.3 is 0 Å². The van der Waals surface area contributed by atoms with Gasteiger partial charge in [-0.15, -0.1) is 0 Å². The number of rotatable bonds is 7. The summed E-state index contributed by atoms with van der Waals surface area (Å²) in [7, 11) is 0. The van der Waals surface area contributed by atoms with Crippen molar-refractivity contribution in [1.29, 1.82) is 0 Å². The number of carbonyl (C=O) groups is 1. The minimum absolute atomic E-state index is 0.0428. The minimum Gasteiger partial charge on any atom is -0.388 e. The van der Waals surface area contributed by atoms with E-state index in [-0.39, 0.29) is 12.5 Å². The number of hydrogen-bond donors (Lipinski definition) is 5. The number of aliphatic hydroxyl groups is 3. The van der Waals surface area contributed by atoms with Crippen LogP contribution in [0.2, 0.25) is 5.02 Å². The molecule has 2 aliphatic rings. The molecule has 2 fully saturated rings. The van der Waals surface area contributed by atoms with E-state index in [2.05, 4.69) is 35.1 Å². The fraction of sp³-hybridized carbons (Fsp3) is 0.423. The number of ether oxygens (including phenoxy) is 1. The van der Waals surface area contributed by atoms with E-state index in [1.807, 2.05) is 24.4 Å². The van der Waals surface area contributed by atoms with Gasteiger partial charge in [0.15, 0.2) is 6.23 Å². The maximum absolute atomic E-state index is 11.2. The Morgan fingerprint density at radius 2 is 1.83 bits per heavy atom. The van der Waals surface area contributed by atoms with E-state index < -0.39 is 30.6 Å². The van der Waals surface area contributed by atoms with Gasteiger partial charge in [-0.3, -0.25) is 10.2 Å². The van der Waals surface area contributed by atoms with Crippen LogP contribution >= 0.6 is 11.6 Å². The molecule has 0 radical (unpaired) electrons. The van der Waals surface area contributed by atoms with Gasteiger partial charge in [0.2, 0.25) is 5.91 Å². The highest BCUT2D eigenvalue weighted by Gasteiger charge is 2.44. The molecule has 0 spiro atoms. The second-order valence-electron chi connectivity index (χ2n) is 9.49. The Balaban J connectivity index is 1.46. The normalized spacial score (nSPS) is 26.7. The van der Waals surface area contributed by atoms with Crippen LogP contribution in [0.5, 0.6) is 0 Å². The summed E-state index contributed by atoms with van der Waals surface area (Å²) in [5.41, 5.74) is 9.35. The molecule has 2 aromatic carbocycles. The lowest BCUT2D eigenvalue weighted by Crippen LogP contribution is -2.58. The molecule has 8 nitrogen and oxygen atoms in total. The molecule has 1 saturated heterocycles. The topological polar surface area (TPSA) is 116 Å². The van der Waals surface area contributed by atoms with E-state index in [0.29, 0.717) is 17.4 Å². The molecule has 2 heterocycles. The molecule has 5 rings (SSSR count). The first-order valence-corrected chi connectivity index (χ1v) is 12.3. The second kappa shape index (κ2) is 9.89. The number of nitrogens with zero attached hydrogens (tertiary/aromatic N) is 1. The number of benzene rings is 2. The van der Waals surface area contributed by atoms with Crippen molar-refractivity contribution in [1.82, 2.24) is 15.4 Å². The summed E-state index contributed by atoms with van der Waals surface area (Å²) in [6.45, 7) is 1.39. The van der Waals surface area contributed by atoms with Gasteiger partial charge in [0.25, 0.3) is 0 Å². The van der Waals surface area contributed by atoms with Crippen molar-refractivity contribution < 1.29 is 24.9 Å². The van der Waals surface area contributed by atoms with Crippen LogP contribution in [0.25, 0.3) is 10.9 Å². The zero-order chi connectivity index (χ0) is 24.7. The zero-order valence-corrected chi connectivity index (χ0v) is 20.2. The first-order chi connectivity index (χ1) is 16.8. The van der Waals surface area contributed by atoms with Crippen LogP contribution in [-0.2, 0) is 16.0 Å². The van der Waals surface area contributed by atoms with E-state index in [1.165, 1.54) is 25.3 Å². The number of hydrogen-bond acceptors (Lipinski definition) is 6. The van der Waals surface area contributed by atoms with Crippen molar-refractivity contribution in [2.45, 2.75) is 62.7 Å². The SMILES string of the molecule is CC(=O)NNCC1OC(n2cc(Cc3ccc(C4CC4)cc3)c3c(Cl)cccc32)C(O)C(O)C1O. The standard InChI is InChI=1S/C26H30ClN3O5/c1-14(31)29-28-12-21-23(32)24(33)25(34)26(35-21)30-13-18(22-19(27)3-2-4-20(22)30)11-15-5-7-16(8-6-15)17-9-10-17/h2-8,13,17,21,23-26,28,32-34H,9-12H2,1H3,(H,29,31). The Morgan fingerprint density at radius 1 is 1.09 bits per heavy atom. The van der Waals surface area contributed by atoms with Gasteiger partial charge in [0, 0.05) is 25.1 Å². The molecule has 5 N–H and O–H groups in total. The van der Waals surface area contributed by atoms with E-state index in [1.54, 1.807) is 4.57 Å². The van der Waals surface area contributed by atoms with Gasteiger partial charge in [-0.05, 0) is 54.0 Å². The third-order valence-corrected chi connectivity index (χ3v) is 7.15. The molecule has 35 heavy (non-hydrogen) atoms. The van der Waals surface area contributed by atoms with Crippen LogP contribution in [0, 0.1) is 0 Å². The molecular formula is C26H30ClN3O5. The highest BCUT2D eigenvalue weighted by Crippen LogP contribution is 2.40. The molecule has 0 bridgehead atoms. The molecule has 1 saturated carbocycles. The fourth-order valence-electron chi connectivity index (χ4n) is 4.84. The van der Waals surface area contributed by atoms with Crippen LogP contribution in [0.15, 0.2) is 48.7 Å². The second-order valence-corrected chi connectivity index (χ2v) is 9.89. The number of nitrogens with one attached hydrogen (secondary N) is 2. The van der Waals surface area contributed by atoms with Crippen molar-refractivity contribution in [3.05, 3.63) is 70.4 Å². The Kier molecular flexibility index (Phi) is 6.85. The highest BCUT2D eigenvalue weighted by molar-refractivity contribution is 6.35. The van der Waals surface area contributed by atoms with E-state index in [4.69, 9.17) is 16.3 Å². The van der Waals surface area contributed by atoms with Gasteiger partial charge in [-0.2, -0.15) is 0 Å². The molecule has 1 aromatic heterocycles. The Morgan fingerprint density at radius 3 is 2.51 bits per heavy atom. The third kappa shape index (κ3) is 4.95. The number of amides is 1. The average Bonchev–Trinajstić information content (AvgIpc) is 3.62. The molecular weight excluding hydrogens is 470 g/mol. The lowest BCUT2D eigenvalue weighted by atomic mass is 9.98. The summed E-state index contributed by atoms with van der Waals surface area (Å²) in [5, 5.41) is 33.3. The lowest BCUT2D eigenvalue weighted by Gasteiger charge is -2.41. The highest BCUT2D eigenvalue weighted by atomic mass is 35.5. The van der Waals surface area contributed by atoms with E-state index in [9.17, 15) is 20.1 Å². The Bertz CT molecular complexity index is 1210. The molecule has 9 heteroatoms.